The van der Waals surface area contributed by atoms with Crippen molar-refractivity contribution in [3.63, 3.8) is 0 Å². The number of piperidine rings is 1. The normalized spacial score (nSPS) is 14.5. The molecule has 3 rings (SSSR count). The molecule has 1 saturated heterocycles. The highest BCUT2D eigenvalue weighted by Gasteiger charge is 2.30. The highest BCUT2D eigenvalue weighted by Crippen LogP contribution is 2.23. The first-order valence-electron chi connectivity index (χ1n) is 10.0. The highest BCUT2D eigenvalue weighted by atomic mass is 16.5. The summed E-state index contributed by atoms with van der Waals surface area (Å²) in [6.45, 7) is 0.960. The fourth-order valence-electron chi connectivity index (χ4n) is 3.42. The molecule has 158 valence electrons. The number of ether oxygens (including phenoxy) is 2. The van der Waals surface area contributed by atoms with Crippen LogP contribution in [0, 0.1) is 0 Å². The Hall–Kier alpha value is -3.35. The van der Waals surface area contributed by atoms with Crippen molar-refractivity contribution >= 4 is 17.8 Å². The lowest BCUT2D eigenvalue weighted by Gasteiger charge is -2.30. The molecule has 7 heteroatoms. The van der Waals surface area contributed by atoms with Crippen LogP contribution in [0.5, 0.6) is 5.75 Å². The number of nitrogens with zero attached hydrogens (tertiary/aromatic N) is 1. The zero-order chi connectivity index (χ0) is 21.3. The number of esters is 1. The minimum atomic E-state index is -1.03. The molecule has 1 atom stereocenters. The molecule has 0 aliphatic carbocycles. The van der Waals surface area contributed by atoms with Crippen LogP contribution in [0.15, 0.2) is 54.6 Å². The zero-order valence-electron chi connectivity index (χ0n) is 17.0. The summed E-state index contributed by atoms with van der Waals surface area (Å²) in [5.41, 5.74) is 0.925. The van der Waals surface area contributed by atoms with E-state index in [-0.39, 0.29) is 12.5 Å². The largest absolute Gasteiger partial charge is 0.496 e. The summed E-state index contributed by atoms with van der Waals surface area (Å²) in [6.07, 6.45) is 1.95. The van der Waals surface area contributed by atoms with Crippen molar-refractivity contribution in [2.24, 2.45) is 0 Å². The molecule has 1 N–H and O–H groups in total. The molecule has 1 heterocycles. The standard InChI is InChI=1S/C23H26N2O5/c1-29-19-13-7-6-12-18(19)22(27)24-16-20(26)30-21(17-10-4-2-5-11-17)23(28)25-14-8-3-9-15-25/h2,4-7,10-13,21H,3,8-9,14-16H2,1H3,(H,24,27)/t21-/m1/s1. The van der Waals surface area contributed by atoms with Crippen molar-refractivity contribution in [1.82, 2.24) is 10.2 Å². The number of para-hydroxylation sites is 1. The second-order valence-electron chi connectivity index (χ2n) is 7.05. The monoisotopic (exact) mass is 410 g/mol. The minimum absolute atomic E-state index is 0.231. The molecule has 0 saturated carbocycles. The molecule has 0 unspecified atom stereocenters. The maximum atomic E-state index is 13.0. The SMILES string of the molecule is COc1ccccc1C(=O)NCC(=O)O[C@@H](C(=O)N1CCCCC1)c1ccccc1. The Morgan fingerprint density at radius 2 is 1.63 bits per heavy atom. The molecule has 0 bridgehead atoms. The average Bonchev–Trinajstić information content (AvgIpc) is 2.81. The number of amides is 2. The lowest BCUT2D eigenvalue weighted by Crippen LogP contribution is -2.41. The van der Waals surface area contributed by atoms with Crippen molar-refractivity contribution in [2.45, 2.75) is 25.4 Å². The van der Waals surface area contributed by atoms with E-state index < -0.39 is 18.0 Å². The van der Waals surface area contributed by atoms with E-state index in [1.807, 2.05) is 6.07 Å². The minimum Gasteiger partial charge on any atom is -0.496 e. The quantitative estimate of drug-likeness (QED) is 0.710. The van der Waals surface area contributed by atoms with Gasteiger partial charge >= 0.3 is 5.97 Å². The molecule has 0 spiro atoms. The van der Waals surface area contributed by atoms with Crippen LogP contribution in [0.3, 0.4) is 0 Å². The first-order chi connectivity index (χ1) is 14.6. The Labute approximate surface area is 176 Å². The molecule has 2 amide bonds. The molecular weight excluding hydrogens is 384 g/mol. The maximum Gasteiger partial charge on any atom is 0.326 e. The Kier molecular flexibility index (Phi) is 7.43. The molecule has 1 aliphatic rings. The summed E-state index contributed by atoms with van der Waals surface area (Å²) >= 11 is 0. The summed E-state index contributed by atoms with van der Waals surface area (Å²) in [7, 11) is 1.47. The molecule has 2 aromatic carbocycles. The van der Waals surface area contributed by atoms with Gasteiger partial charge in [0.2, 0.25) is 6.10 Å². The number of methoxy groups -OCH3 is 1. The third-order valence-corrected chi connectivity index (χ3v) is 4.99. The summed E-state index contributed by atoms with van der Waals surface area (Å²) in [6, 6.07) is 15.7. The summed E-state index contributed by atoms with van der Waals surface area (Å²) in [5, 5.41) is 2.53. The van der Waals surface area contributed by atoms with E-state index in [0.29, 0.717) is 30.0 Å². The van der Waals surface area contributed by atoms with Gasteiger partial charge in [0, 0.05) is 18.7 Å². The van der Waals surface area contributed by atoms with Gasteiger partial charge in [0.1, 0.15) is 12.3 Å². The number of hydrogen-bond acceptors (Lipinski definition) is 5. The Morgan fingerprint density at radius 1 is 0.967 bits per heavy atom. The van der Waals surface area contributed by atoms with Gasteiger partial charge in [-0.3, -0.25) is 14.4 Å². The van der Waals surface area contributed by atoms with E-state index in [1.54, 1.807) is 53.4 Å². The van der Waals surface area contributed by atoms with Gasteiger partial charge in [-0.15, -0.1) is 0 Å². The third-order valence-electron chi connectivity index (χ3n) is 4.99. The van der Waals surface area contributed by atoms with Gasteiger partial charge in [0.15, 0.2) is 0 Å². The molecule has 1 fully saturated rings. The second-order valence-corrected chi connectivity index (χ2v) is 7.05. The van der Waals surface area contributed by atoms with Crippen molar-refractivity contribution in [2.75, 3.05) is 26.7 Å². The first-order valence-corrected chi connectivity index (χ1v) is 10.0. The summed E-state index contributed by atoms with van der Waals surface area (Å²) in [5.74, 6) is -0.961. The van der Waals surface area contributed by atoms with Crippen LogP contribution in [-0.4, -0.2) is 49.4 Å². The van der Waals surface area contributed by atoms with E-state index >= 15 is 0 Å². The Balaban J connectivity index is 1.66. The van der Waals surface area contributed by atoms with E-state index in [1.165, 1.54) is 7.11 Å². The van der Waals surface area contributed by atoms with Gasteiger partial charge in [-0.1, -0.05) is 42.5 Å². The lowest BCUT2D eigenvalue weighted by atomic mass is 10.1. The van der Waals surface area contributed by atoms with E-state index in [2.05, 4.69) is 5.32 Å². The average molecular weight is 410 g/mol. The molecule has 2 aromatic rings. The van der Waals surface area contributed by atoms with Crippen LogP contribution in [-0.2, 0) is 14.3 Å². The second kappa shape index (κ2) is 10.4. The van der Waals surface area contributed by atoms with Gasteiger partial charge in [0.25, 0.3) is 11.8 Å². The van der Waals surface area contributed by atoms with Crippen LogP contribution in [0.4, 0.5) is 0 Å². The van der Waals surface area contributed by atoms with E-state index in [0.717, 1.165) is 19.3 Å². The molecule has 7 nitrogen and oxygen atoms in total. The van der Waals surface area contributed by atoms with Crippen molar-refractivity contribution in [3.8, 4) is 5.75 Å². The fraction of sp³-hybridized carbons (Fsp3) is 0.348. The van der Waals surface area contributed by atoms with Crippen molar-refractivity contribution in [3.05, 3.63) is 65.7 Å². The maximum absolute atomic E-state index is 13.0. The van der Waals surface area contributed by atoms with Crippen LogP contribution >= 0.6 is 0 Å². The predicted molar refractivity (Wildman–Crippen MR) is 111 cm³/mol. The first kappa shape index (κ1) is 21.4. The van der Waals surface area contributed by atoms with E-state index in [4.69, 9.17) is 9.47 Å². The fourth-order valence-corrected chi connectivity index (χ4v) is 3.42. The number of hydrogen-bond donors (Lipinski definition) is 1. The number of likely N-dealkylation sites (tertiary alicyclic amines) is 1. The van der Waals surface area contributed by atoms with Crippen molar-refractivity contribution < 1.29 is 23.9 Å². The molecular formula is C23H26N2O5. The van der Waals surface area contributed by atoms with Crippen LogP contribution in [0.2, 0.25) is 0 Å². The van der Waals surface area contributed by atoms with Gasteiger partial charge in [-0.2, -0.15) is 0 Å². The molecule has 30 heavy (non-hydrogen) atoms. The van der Waals surface area contributed by atoms with E-state index in [9.17, 15) is 14.4 Å². The predicted octanol–water partition coefficient (Wildman–Crippen LogP) is 2.72. The number of carbonyl (C=O) groups excluding carboxylic acids is 3. The van der Waals surface area contributed by atoms with Gasteiger partial charge in [0.05, 0.1) is 12.7 Å². The number of benzene rings is 2. The smallest absolute Gasteiger partial charge is 0.326 e. The number of carbonyl (C=O) groups is 3. The van der Waals surface area contributed by atoms with Gasteiger partial charge in [-0.05, 0) is 31.4 Å². The number of rotatable bonds is 7. The molecule has 0 radical (unpaired) electrons. The lowest BCUT2D eigenvalue weighted by molar-refractivity contribution is -0.160. The summed E-state index contributed by atoms with van der Waals surface area (Å²) in [4.78, 5) is 39.6. The van der Waals surface area contributed by atoms with Gasteiger partial charge < -0.3 is 19.7 Å². The molecule has 1 aliphatic heterocycles. The van der Waals surface area contributed by atoms with Crippen LogP contribution < -0.4 is 10.1 Å². The molecule has 0 aromatic heterocycles. The summed E-state index contributed by atoms with van der Waals surface area (Å²) < 4.78 is 10.7. The van der Waals surface area contributed by atoms with Crippen LogP contribution in [0.25, 0.3) is 0 Å². The number of nitrogens with one attached hydrogen (secondary N) is 1. The Morgan fingerprint density at radius 3 is 2.33 bits per heavy atom. The third kappa shape index (κ3) is 5.37. The Bertz CT molecular complexity index is 878. The zero-order valence-corrected chi connectivity index (χ0v) is 17.0. The van der Waals surface area contributed by atoms with Crippen LogP contribution in [0.1, 0.15) is 41.3 Å². The van der Waals surface area contributed by atoms with Gasteiger partial charge in [-0.25, -0.2) is 0 Å². The topological polar surface area (TPSA) is 84.9 Å². The highest BCUT2D eigenvalue weighted by molar-refractivity contribution is 5.98. The van der Waals surface area contributed by atoms with Crippen molar-refractivity contribution in [1.29, 1.82) is 0 Å².